The number of benzene rings is 1. The van der Waals surface area contributed by atoms with Crippen molar-refractivity contribution in [1.29, 1.82) is 0 Å². The fourth-order valence-electron chi connectivity index (χ4n) is 3.95. The Kier molecular flexibility index (Phi) is 4.51. The van der Waals surface area contributed by atoms with Crippen LogP contribution in [0.4, 0.5) is 5.69 Å². The number of hydrogen-bond acceptors (Lipinski definition) is 3. The molecule has 21 heavy (non-hydrogen) atoms. The molecule has 0 amide bonds. The van der Waals surface area contributed by atoms with Crippen molar-refractivity contribution in [1.82, 2.24) is 10.2 Å². The molecule has 3 rings (SSSR count). The zero-order valence-electron chi connectivity index (χ0n) is 13.6. The Hall–Kier alpha value is -1.06. The van der Waals surface area contributed by atoms with Crippen molar-refractivity contribution in [3.8, 4) is 0 Å². The van der Waals surface area contributed by atoms with Gasteiger partial charge in [0.05, 0.1) is 0 Å². The number of rotatable bonds is 3. The molecule has 2 fully saturated rings. The lowest BCUT2D eigenvalue weighted by Gasteiger charge is -2.50. The maximum Gasteiger partial charge on any atom is 0.0361 e. The highest BCUT2D eigenvalue weighted by Crippen LogP contribution is 2.35. The van der Waals surface area contributed by atoms with Crippen LogP contribution in [0.5, 0.6) is 0 Å². The largest absolute Gasteiger partial charge is 0.378 e. The van der Waals surface area contributed by atoms with Crippen LogP contribution < -0.4 is 10.2 Å². The Morgan fingerprint density at radius 1 is 1.10 bits per heavy atom. The second kappa shape index (κ2) is 6.37. The lowest BCUT2D eigenvalue weighted by atomic mass is 9.79. The van der Waals surface area contributed by atoms with Gasteiger partial charge in [0.15, 0.2) is 0 Å². The lowest BCUT2D eigenvalue weighted by Crippen LogP contribution is -2.61. The molecule has 2 aliphatic rings. The summed E-state index contributed by atoms with van der Waals surface area (Å²) >= 11 is 0. The van der Waals surface area contributed by atoms with Gasteiger partial charge in [-0.15, -0.1) is 0 Å². The monoisotopic (exact) mass is 287 g/mol. The molecule has 0 radical (unpaired) electrons. The SMILES string of the molecule is CN(C)c1ccc(CN2CCNCC23CCCCC3)cc1. The molecule has 1 aliphatic heterocycles. The number of nitrogens with zero attached hydrogens (tertiary/aromatic N) is 2. The molecule has 1 saturated heterocycles. The van der Waals surface area contributed by atoms with Crippen molar-refractivity contribution >= 4 is 5.69 Å². The maximum atomic E-state index is 3.64. The van der Waals surface area contributed by atoms with Gasteiger partial charge in [-0.2, -0.15) is 0 Å². The Balaban J connectivity index is 1.72. The van der Waals surface area contributed by atoms with Crippen LogP contribution in [0.1, 0.15) is 37.7 Å². The van der Waals surface area contributed by atoms with E-state index in [1.54, 1.807) is 0 Å². The standard InChI is InChI=1S/C18H29N3/c1-20(2)17-8-6-16(7-9-17)14-21-13-12-19-15-18(21)10-4-3-5-11-18/h6-9,19H,3-5,10-15H2,1-2H3. The molecule has 0 unspecified atom stereocenters. The summed E-state index contributed by atoms with van der Waals surface area (Å²) in [7, 11) is 4.20. The number of nitrogens with one attached hydrogen (secondary N) is 1. The van der Waals surface area contributed by atoms with Crippen LogP contribution in [0, 0.1) is 0 Å². The van der Waals surface area contributed by atoms with E-state index in [1.165, 1.54) is 56.4 Å². The van der Waals surface area contributed by atoms with Crippen LogP contribution in [-0.4, -0.2) is 44.2 Å². The van der Waals surface area contributed by atoms with E-state index >= 15 is 0 Å². The highest BCUT2D eigenvalue weighted by atomic mass is 15.3. The molecule has 116 valence electrons. The molecule has 0 bridgehead atoms. The molecule has 1 spiro atoms. The molecule has 1 aliphatic carbocycles. The van der Waals surface area contributed by atoms with E-state index in [1.807, 2.05) is 0 Å². The minimum atomic E-state index is 0.427. The molecule has 1 aromatic rings. The van der Waals surface area contributed by atoms with Crippen molar-refractivity contribution in [2.45, 2.75) is 44.2 Å². The first-order chi connectivity index (χ1) is 10.2. The first kappa shape index (κ1) is 14.9. The van der Waals surface area contributed by atoms with Gasteiger partial charge in [-0.1, -0.05) is 31.4 Å². The van der Waals surface area contributed by atoms with Gasteiger partial charge in [-0.3, -0.25) is 4.90 Å². The number of hydrogen-bond donors (Lipinski definition) is 1. The van der Waals surface area contributed by atoms with Gasteiger partial charge >= 0.3 is 0 Å². The van der Waals surface area contributed by atoms with Gasteiger partial charge in [0, 0.05) is 51.5 Å². The molecule has 1 N–H and O–H groups in total. The molecule has 3 heteroatoms. The summed E-state index contributed by atoms with van der Waals surface area (Å²) < 4.78 is 0. The quantitative estimate of drug-likeness (QED) is 0.922. The third-order valence-corrected chi connectivity index (χ3v) is 5.29. The van der Waals surface area contributed by atoms with E-state index < -0.39 is 0 Å². The van der Waals surface area contributed by atoms with Crippen LogP contribution in [0.25, 0.3) is 0 Å². The van der Waals surface area contributed by atoms with Crippen LogP contribution in [0.2, 0.25) is 0 Å². The summed E-state index contributed by atoms with van der Waals surface area (Å²) in [5.41, 5.74) is 3.16. The predicted octanol–water partition coefficient (Wildman–Crippen LogP) is 2.86. The highest BCUT2D eigenvalue weighted by molar-refractivity contribution is 5.46. The Morgan fingerprint density at radius 3 is 2.48 bits per heavy atom. The average Bonchev–Trinajstić information content (AvgIpc) is 2.51. The number of piperazine rings is 1. The van der Waals surface area contributed by atoms with Crippen molar-refractivity contribution in [3.05, 3.63) is 29.8 Å². The minimum absolute atomic E-state index is 0.427. The average molecular weight is 287 g/mol. The summed E-state index contributed by atoms with van der Waals surface area (Å²) in [6.07, 6.45) is 6.97. The lowest BCUT2D eigenvalue weighted by molar-refractivity contribution is 0.0209. The van der Waals surface area contributed by atoms with Crippen molar-refractivity contribution in [2.75, 3.05) is 38.6 Å². The summed E-state index contributed by atoms with van der Waals surface area (Å²) in [5, 5.41) is 3.64. The second-order valence-corrected chi connectivity index (χ2v) is 6.94. The zero-order chi connectivity index (χ0) is 14.7. The fraction of sp³-hybridized carbons (Fsp3) is 0.667. The molecule has 1 heterocycles. The topological polar surface area (TPSA) is 18.5 Å². The van der Waals surface area contributed by atoms with Gasteiger partial charge in [0.1, 0.15) is 0 Å². The molecule has 1 aromatic carbocycles. The summed E-state index contributed by atoms with van der Waals surface area (Å²) in [6.45, 7) is 4.62. The fourth-order valence-corrected chi connectivity index (χ4v) is 3.95. The smallest absolute Gasteiger partial charge is 0.0361 e. The van der Waals surface area contributed by atoms with Crippen LogP contribution in [-0.2, 0) is 6.54 Å². The van der Waals surface area contributed by atoms with Crippen molar-refractivity contribution < 1.29 is 0 Å². The van der Waals surface area contributed by atoms with E-state index in [0.29, 0.717) is 5.54 Å². The van der Waals surface area contributed by atoms with Crippen LogP contribution in [0.15, 0.2) is 24.3 Å². The van der Waals surface area contributed by atoms with Gasteiger partial charge in [-0.05, 0) is 30.5 Å². The number of anilines is 1. The van der Waals surface area contributed by atoms with Gasteiger partial charge in [0.2, 0.25) is 0 Å². The second-order valence-electron chi connectivity index (χ2n) is 6.94. The van der Waals surface area contributed by atoms with E-state index in [0.717, 1.165) is 13.1 Å². The van der Waals surface area contributed by atoms with Crippen molar-refractivity contribution in [2.24, 2.45) is 0 Å². The Morgan fingerprint density at radius 2 is 1.81 bits per heavy atom. The summed E-state index contributed by atoms with van der Waals surface area (Å²) in [4.78, 5) is 4.92. The van der Waals surface area contributed by atoms with Crippen LogP contribution >= 0.6 is 0 Å². The minimum Gasteiger partial charge on any atom is -0.378 e. The van der Waals surface area contributed by atoms with E-state index in [9.17, 15) is 0 Å². The molecular formula is C18H29N3. The first-order valence-corrected chi connectivity index (χ1v) is 8.42. The predicted molar refractivity (Wildman–Crippen MR) is 89.9 cm³/mol. The van der Waals surface area contributed by atoms with E-state index in [-0.39, 0.29) is 0 Å². The highest BCUT2D eigenvalue weighted by Gasteiger charge is 2.39. The van der Waals surface area contributed by atoms with Gasteiger partial charge in [0.25, 0.3) is 0 Å². The van der Waals surface area contributed by atoms with E-state index in [2.05, 4.69) is 53.5 Å². The third-order valence-electron chi connectivity index (χ3n) is 5.29. The van der Waals surface area contributed by atoms with E-state index in [4.69, 9.17) is 0 Å². The zero-order valence-corrected chi connectivity index (χ0v) is 13.6. The normalized spacial score (nSPS) is 22.4. The van der Waals surface area contributed by atoms with Crippen LogP contribution in [0.3, 0.4) is 0 Å². The Labute approximate surface area is 129 Å². The molecule has 3 nitrogen and oxygen atoms in total. The van der Waals surface area contributed by atoms with Gasteiger partial charge < -0.3 is 10.2 Å². The molecule has 0 aromatic heterocycles. The van der Waals surface area contributed by atoms with Crippen molar-refractivity contribution in [3.63, 3.8) is 0 Å². The molecule has 0 atom stereocenters. The summed E-state index contributed by atoms with van der Waals surface area (Å²) in [5.74, 6) is 0. The first-order valence-electron chi connectivity index (χ1n) is 8.42. The van der Waals surface area contributed by atoms with Gasteiger partial charge in [-0.25, -0.2) is 0 Å². The summed E-state index contributed by atoms with van der Waals surface area (Å²) in [6, 6.07) is 9.08. The maximum absolute atomic E-state index is 3.64. The molecular weight excluding hydrogens is 258 g/mol. The molecule has 1 saturated carbocycles. The Bertz CT molecular complexity index is 438. The third kappa shape index (κ3) is 3.24.